The fourth-order valence-corrected chi connectivity index (χ4v) is 5.61. The quantitative estimate of drug-likeness (QED) is 0.923. The van der Waals surface area contributed by atoms with Crippen molar-refractivity contribution in [2.24, 2.45) is 5.73 Å². The summed E-state index contributed by atoms with van der Waals surface area (Å²) in [7, 11) is -3.36. The van der Waals surface area contributed by atoms with Gasteiger partial charge in [0, 0.05) is 24.0 Å². The van der Waals surface area contributed by atoms with E-state index in [2.05, 4.69) is 6.92 Å². The third-order valence-corrected chi connectivity index (χ3v) is 6.63. The third-order valence-electron chi connectivity index (χ3n) is 3.52. The van der Waals surface area contributed by atoms with Crippen LogP contribution < -0.4 is 5.73 Å². The number of hydrogen-bond donors (Lipinski definition) is 1. The normalized spacial score (nSPS) is 22.2. The van der Waals surface area contributed by atoms with Crippen LogP contribution in [-0.4, -0.2) is 25.3 Å². The largest absolute Gasteiger partial charge is 0.326 e. The maximum Gasteiger partial charge on any atom is 0.244 e. The number of thiophene rings is 1. The molecule has 1 aromatic rings. The lowest BCUT2D eigenvalue weighted by atomic mass is 10.0. The molecule has 0 aliphatic carbocycles. The van der Waals surface area contributed by atoms with Crippen LogP contribution in [0, 0.1) is 0 Å². The highest BCUT2D eigenvalue weighted by Gasteiger charge is 2.33. The van der Waals surface area contributed by atoms with Gasteiger partial charge < -0.3 is 5.73 Å². The van der Waals surface area contributed by atoms with E-state index >= 15 is 0 Å². The maximum atomic E-state index is 12.7. The molecule has 1 aliphatic heterocycles. The standard InChI is InChI=1S/C12H20N2O2S2/c1-2-10-5-3-4-7-14(10)18(15,16)12-6-8-17-11(12)9-13/h6,8,10H,2-5,7,9,13H2,1H3. The van der Waals surface area contributed by atoms with Gasteiger partial charge in [-0.2, -0.15) is 4.31 Å². The number of piperidine rings is 1. The zero-order valence-corrected chi connectivity index (χ0v) is 12.3. The summed E-state index contributed by atoms with van der Waals surface area (Å²) in [6.07, 6.45) is 3.93. The van der Waals surface area contributed by atoms with E-state index in [-0.39, 0.29) is 12.6 Å². The molecule has 18 heavy (non-hydrogen) atoms. The Balaban J connectivity index is 2.35. The lowest BCUT2D eigenvalue weighted by Crippen LogP contribution is -2.43. The van der Waals surface area contributed by atoms with Crippen LogP contribution in [0.4, 0.5) is 0 Å². The average Bonchev–Trinajstić information content (AvgIpc) is 2.87. The molecule has 0 saturated carbocycles. The van der Waals surface area contributed by atoms with Gasteiger partial charge in [0.15, 0.2) is 0 Å². The Morgan fingerprint density at radius 3 is 2.94 bits per heavy atom. The first-order chi connectivity index (χ1) is 8.61. The van der Waals surface area contributed by atoms with E-state index < -0.39 is 10.0 Å². The molecule has 0 amide bonds. The molecule has 2 rings (SSSR count). The van der Waals surface area contributed by atoms with Gasteiger partial charge in [-0.05, 0) is 30.7 Å². The zero-order chi connectivity index (χ0) is 13.2. The van der Waals surface area contributed by atoms with E-state index in [0.717, 1.165) is 30.6 Å². The van der Waals surface area contributed by atoms with Crippen molar-refractivity contribution in [2.45, 2.75) is 50.1 Å². The number of hydrogen-bond acceptors (Lipinski definition) is 4. The van der Waals surface area contributed by atoms with Crippen LogP contribution >= 0.6 is 11.3 Å². The molecule has 6 heteroatoms. The molecule has 1 unspecified atom stereocenters. The molecule has 1 aromatic heterocycles. The number of nitrogens with zero attached hydrogens (tertiary/aromatic N) is 1. The molecule has 1 saturated heterocycles. The molecular weight excluding hydrogens is 268 g/mol. The summed E-state index contributed by atoms with van der Waals surface area (Å²) in [6.45, 7) is 2.98. The minimum atomic E-state index is -3.36. The summed E-state index contributed by atoms with van der Waals surface area (Å²) in [5.74, 6) is 0. The third kappa shape index (κ3) is 2.47. The predicted molar refractivity (Wildman–Crippen MR) is 74.0 cm³/mol. The van der Waals surface area contributed by atoms with Crippen LogP contribution in [0.2, 0.25) is 0 Å². The minimum Gasteiger partial charge on any atom is -0.326 e. The van der Waals surface area contributed by atoms with Gasteiger partial charge in [0.1, 0.15) is 0 Å². The van der Waals surface area contributed by atoms with Crippen LogP contribution in [0.25, 0.3) is 0 Å². The molecule has 0 bridgehead atoms. The Hall–Kier alpha value is -0.430. The highest BCUT2D eigenvalue weighted by Crippen LogP contribution is 2.30. The summed E-state index contributed by atoms with van der Waals surface area (Å²) in [4.78, 5) is 1.17. The van der Waals surface area contributed by atoms with Gasteiger partial charge in [-0.3, -0.25) is 0 Å². The highest BCUT2D eigenvalue weighted by molar-refractivity contribution is 7.89. The Morgan fingerprint density at radius 2 is 2.28 bits per heavy atom. The Bertz CT molecular complexity index is 496. The van der Waals surface area contributed by atoms with Gasteiger partial charge in [0.05, 0.1) is 4.90 Å². The van der Waals surface area contributed by atoms with Crippen molar-refractivity contribution >= 4 is 21.4 Å². The van der Waals surface area contributed by atoms with Crippen molar-refractivity contribution in [1.82, 2.24) is 4.31 Å². The highest BCUT2D eigenvalue weighted by atomic mass is 32.2. The SMILES string of the molecule is CCC1CCCCN1S(=O)(=O)c1ccsc1CN. The monoisotopic (exact) mass is 288 g/mol. The molecule has 2 heterocycles. The van der Waals surface area contributed by atoms with Crippen molar-refractivity contribution < 1.29 is 8.42 Å². The first kappa shape index (κ1) is 14.0. The minimum absolute atomic E-state index is 0.147. The molecule has 0 radical (unpaired) electrons. The van der Waals surface area contributed by atoms with Crippen LogP contribution in [0.5, 0.6) is 0 Å². The Morgan fingerprint density at radius 1 is 1.50 bits per heavy atom. The van der Waals surface area contributed by atoms with E-state index in [0.29, 0.717) is 11.4 Å². The molecule has 2 N–H and O–H groups in total. The second-order valence-corrected chi connectivity index (χ2v) is 7.45. The molecule has 1 aliphatic rings. The van der Waals surface area contributed by atoms with E-state index in [1.54, 1.807) is 15.8 Å². The summed E-state index contributed by atoms with van der Waals surface area (Å²) >= 11 is 1.42. The average molecular weight is 288 g/mol. The van der Waals surface area contributed by atoms with Crippen LogP contribution in [-0.2, 0) is 16.6 Å². The summed E-state index contributed by atoms with van der Waals surface area (Å²) in [5.41, 5.74) is 5.62. The zero-order valence-electron chi connectivity index (χ0n) is 10.6. The second-order valence-electron chi connectivity index (χ2n) is 4.59. The summed E-state index contributed by atoms with van der Waals surface area (Å²) < 4.78 is 27.0. The van der Waals surface area contributed by atoms with E-state index in [9.17, 15) is 8.42 Å². The van der Waals surface area contributed by atoms with Crippen molar-refractivity contribution in [1.29, 1.82) is 0 Å². The van der Waals surface area contributed by atoms with Crippen molar-refractivity contribution in [3.8, 4) is 0 Å². The van der Waals surface area contributed by atoms with Crippen molar-refractivity contribution in [2.75, 3.05) is 6.54 Å². The molecule has 0 aromatic carbocycles. The molecule has 1 fully saturated rings. The van der Waals surface area contributed by atoms with Gasteiger partial charge in [0.25, 0.3) is 0 Å². The first-order valence-electron chi connectivity index (χ1n) is 6.39. The topological polar surface area (TPSA) is 63.4 Å². The molecule has 102 valence electrons. The van der Waals surface area contributed by atoms with Gasteiger partial charge in [0.2, 0.25) is 10.0 Å². The summed E-state index contributed by atoms with van der Waals surface area (Å²) in [5, 5.41) is 1.81. The van der Waals surface area contributed by atoms with Gasteiger partial charge >= 0.3 is 0 Å². The lowest BCUT2D eigenvalue weighted by molar-refractivity contribution is 0.246. The van der Waals surface area contributed by atoms with E-state index in [1.807, 2.05) is 0 Å². The second kappa shape index (κ2) is 5.69. The van der Waals surface area contributed by atoms with Gasteiger partial charge in [-0.15, -0.1) is 11.3 Å². The van der Waals surface area contributed by atoms with Crippen LogP contribution in [0.1, 0.15) is 37.5 Å². The van der Waals surface area contributed by atoms with Crippen LogP contribution in [0.15, 0.2) is 16.3 Å². The smallest absolute Gasteiger partial charge is 0.244 e. The van der Waals surface area contributed by atoms with Crippen molar-refractivity contribution in [3.63, 3.8) is 0 Å². The van der Waals surface area contributed by atoms with Crippen LogP contribution in [0.3, 0.4) is 0 Å². The fourth-order valence-electron chi connectivity index (χ4n) is 2.53. The van der Waals surface area contributed by atoms with E-state index in [1.165, 1.54) is 11.3 Å². The fraction of sp³-hybridized carbons (Fsp3) is 0.667. The Kier molecular flexibility index (Phi) is 4.42. The number of rotatable bonds is 4. The van der Waals surface area contributed by atoms with Gasteiger partial charge in [-0.25, -0.2) is 8.42 Å². The molecular formula is C12H20N2O2S2. The molecule has 0 spiro atoms. The molecule has 1 atom stereocenters. The maximum absolute atomic E-state index is 12.7. The van der Waals surface area contributed by atoms with Crippen molar-refractivity contribution in [3.05, 3.63) is 16.3 Å². The number of nitrogens with two attached hydrogens (primary N) is 1. The van der Waals surface area contributed by atoms with E-state index in [4.69, 9.17) is 5.73 Å². The summed E-state index contributed by atoms with van der Waals surface area (Å²) in [6, 6.07) is 1.83. The first-order valence-corrected chi connectivity index (χ1v) is 8.71. The predicted octanol–water partition coefficient (Wildman–Crippen LogP) is 2.16. The Labute approximate surface area is 113 Å². The lowest BCUT2D eigenvalue weighted by Gasteiger charge is -2.34. The molecule has 4 nitrogen and oxygen atoms in total. The number of sulfonamides is 1. The van der Waals surface area contributed by atoms with Gasteiger partial charge in [-0.1, -0.05) is 13.3 Å².